The van der Waals surface area contributed by atoms with Crippen LogP contribution >= 0.6 is 11.6 Å². The Balaban J connectivity index is 2.89. The van der Waals surface area contributed by atoms with Gasteiger partial charge in [0.05, 0.1) is 17.7 Å². The minimum atomic E-state index is -0.870. The van der Waals surface area contributed by atoms with Crippen LogP contribution in [0.15, 0.2) is 18.2 Å². The number of hydrogen-bond donors (Lipinski definition) is 2. The van der Waals surface area contributed by atoms with E-state index in [-0.39, 0.29) is 12.5 Å². The Kier molecular flexibility index (Phi) is 4.80. The number of halogens is 1. The highest BCUT2D eigenvalue weighted by atomic mass is 35.5. The zero-order valence-electron chi connectivity index (χ0n) is 9.40. The van der Waals surface area contributed by atoms with E-state index in [4.69, 9.17) is 22.0 Å². The molecule has 1 aromatic carbocycles. The largest absolute Gasteiger partial charge is 0.481 e. The van der Waals surface area contributed by atoms with Crippen molar-refractivity contribution in [1.82, 2.24) is 0 Å². The first-order chi connectivity index (χ1) is 8.06. The Labute approximate surface area is 105 Å². The van der Waals surface area contributed by atoms with Gasteiger partial charge in [-0.1, -0.05) is 18.5 Å². The van der Waals surface area contributed by atoms with E-state index in [9.17, 15) is 4.79 Å². The first kappa shape index (κ1) is 13.3. The zero-order valence-corrected chi connectivity index (χ0v) is 10.2. The minimum absolute atomic E-state index is 0.00782. The summed E-state index contributed by atoms with van der Waals surface area (Å²) in [6.45, 7) is 1.89. The summed E-state index contributed by atoms with van der Waals surface area (Å²) >= 11 is 5.84. The van der Waals surface area contributed by atoms with E-state index in [1.54, 1.807) is 18.2 Å². The molecule has 0 saturated carbocycles. The molecule has 17 heavy (non-hydrogen) atoms. The average molecular weight is 253 g/mol. The number of nitrogens with one attached hydrogen (secondary N) is 1. The maximum atomic E-state index is 10.6. The lowest BCUT2D eigenvalue weighted by atomic mass is 10.1. The van der Waals surface area contributed by atoms with Crippen molar-refractivity contribution in [2.75, 3.05) is 5.32 Å². The lowest BCUT2D eigenvalue weighted by Crippen LogP contribution is -2.22. The summed E-state index contributed by atoms with van der Waals surface area (Å²) < 4.78 is 0. The smallest absolute Gasteiger partial charge is 0.305 e. The second-order valence-corrected chi connectivity index (χ2v) is 4.09. The van der Waals surface area contributed by atoms with Crippen LogP contribution in [0.5, 0.6) is 0 Å². The van der Waals surface area contributed by atoms with Gasteiger partial charge in [-0.2, -0.15) is 5.26 Å². The summed E-state index contributed by atoms with van der Waals surface area (Å²) in [6, 6.07) is 6.69. The van der Waals surface area contributed by atoms with E-state index >= 15 is 0 Å². The van der Waals surface area contributed by atoms with Gasteiger partial charge in [-0.05, 0) is 24.6 Å². The molecule has 0 amide bonds. The third kappa shape index (κ3) is 3.97. The lowest BCUT2D eigenvalue weighted by molar-refractivity contribution is -0.137. The van der Waals surface area contributed by atoms with E-state index in [0.717, 1.165) is 0 Å². The van der Waals surface area contributed by atoms with Gasteiger partial charge in [0, 0.05) is 11.1 Å². The fraction of sp³-hybridized carbons (Fsp3) is 0.333. The number of rotatable bonds is 5. The molecule has 1 rings (SSSR count). The Morgan fingerprint density at radius 1 is 1.65 bits per heavy atom. The standard InChI is InChI=1S/C12H13ClN2O2/c1-2-10(6-12(16)17)15-11-5-9(13)4-3-8(11)7-14/h3-5,10,15H,2,6H2,1H3,(H,16,17). The second kappa shape index (κ2) is 6.12. The molecule has 0 heterocycles. The molecule has 5 heteroatoms. The summed E-state index contributed by atoms with van der Waals surface area (Å²) in [5.74, 6) is -0.870. The van der Waals surface area contributed by atoms with Gasteiger partial charge < -0.3 is 10.4 Å². The molecule has 90 valence electrons. The van der Waals surface area contributed by atoms with Gasteiger partial charge in [-0.3, -0.25) is 4.79 Å². The molecule has 1 atom stereocenters. The molecule has 0 saturated heterocycles. The molecule has 2 N–H and O–H groups in total. The van der Waals surface area contributed by atoms with Gasteiger partial charge in [0.25, 0.3) is 0 Å². The van der Waals surface area contributed by atoms with E-state index in [1.165, 1.54) is 0 Å². The highest BCUT2D eigenvalue weighted by molar-refractivity contribution is 6.30. The Morgan fingerprint density at radius 3 is 2.88 bits per heavy atom. The van der Waals surface area contributed by atoms with Gasteiger partial charge in [0.1, 0.15) is 6.07 Å². The monoisotopic (exact) mass is 252 g/mol. The quantitative estimate of drug-likeness (QED) is 0.845. The van der Waals surface area contributed by atoms with Crippen LogP contribution in [0.3, 0.4) is 0 Å². The van der Waals surface area contributed by atoms with Gasteiger partial charge in [-0.15, -0.1) is 0 Å². The van der Waals surface area contributed by atoms with E-state index in [0.29, 0.717) is 22.7 Å². The van der Waals surface area contributed by atoms with Crippen LogP contribution in [0.4, 0.5) is 5.69 Å². The van der Waals surface area contributed by atoms with Crippen LogP contribution in [0.25, 0.3) is 0 Å². The van der Waals surface area contributed by atoms with Crippen molar-refractivity contribution in [1.29, 1.82) is 5.26 Å². The maximum Gasteiger partial charge on any atom is 0.305 e. The minimum Gasteiger partial charge on any atom is -0.481 e. The van der Waals surface area contributed by atoms with Crippen LogP contribution in [-0.4, -0.2) is 17.1 Å². The van der Waals surface area contributed by atoms with Crippen molar-refractivity contribution in [2.45, 2.75) is 25.8 Å². The number of carboxylic acids is 1. The molecular formula is C12H13ClN2O2. The summed E-state index contributed by atoms with van der Waals surface area (Å²) in [5.41, 5.74) is 1.03. The van der Waals surface area contributed by atoms with Gasteiger partial charge >= 0.3 is 5.97 Å². The predicted molar refractivity (Wildman–Crippen MR) is 66.1 cm³/mol. The molecule has 0 aliphatic rings. The number of nitriles is 1. The molecule has 4 nitrogen and oxygen atoms in total. The van der Waals surface area contributed by atoms with Crippen molar-refractivity contribution in [3.63, 3.8) is 0 Å². The summed E-state index contributed by atoms with van der Waals surface area (Å²) in [6.07, 6.45) is 0.664. The number of anilines is 1. The molecule has 0 aliphatic heterocycles. The Morgan fingerprint density at radius 2 is 2.35 bits per heavy atom. The molecule has 1 unspecified atom stereocenters. The SMILES string of the molecule is CCC(CC(=O)O)Nc1cc(Cl)ccc1C#N. The molecular weight excluding hydrogens is 240 g/mol. The zero-order chi connectivity index (χ0) is 12.8. The molecule has 0 spiro atoms. The molecule has 0 radical (unpaired) electrons. The predicted octanol–water partition coefficient (Wildman–Crippen LogP) is 2.88. The summed E-state index contributed by atoms with van der Waals surface area (Å²) in [7, 11) is 0. The average Bonchev–Trinajstić information content (AvgIpc) is 2.28. The van der Waals surface area contributed by atoms with Crippen LogP contribution in [0, 0.1) is 11.3 Å². The van der Waals surface area contributed by atoms with E-state index < -0.39 is 5.97 Å². The van der Waals surface area contributed by atoms with Crippen LogP contribution in [-0.2, 0) is 4.79 Å². The van der Waals surface area contributed by atoms with Crippen molar-refractivity contribution >= 4 is 23.3 Å². The number of carboxylic acid groups (broad SMARTS) is 1. The number of benzene rings is 1. The normalized spacial score (nSPS) is 11.6. The fourth-order valence-electron chi connectivity index (χ4n) is 1.46. The maximum absolute atomic E-state index is 10.6. The summed E-state index contributed by atoms with van der Waals surface area (Å²) in [5, 5.41) is 21.2. The van der Waals surface area contributed by atoms with E-state index in [1.807, 2.05) is 13.0 Å². The second-order valence-electron chi connectivity index (χ2n) is 3.65. The van der Waals surface area contributed by atoms with Crippen molar-refractivity contribution < 1.29 is 9.90 Å². The first-order valence-electron chi connectivity index (χ1n) is 5.24. The Hall–Kier alpha value is -1.73. The van der Waals surface area contributed by atoms with Crippen LogP contribution in [0.2, 0.25) is 5.02 Å². The molecule has 0 bridgehead atoms. The van der Waals surface area contributed by atoms with Crippen molar-refractivity contribution in [3.8, 4) is 6.07 Å². The third-order valence-corrected chi connectivity index (χ3v) is 2.61. The first-order valence-corrected chi connectivity index (χ1v) is 5.62. The summed E-state index contributed by atoms with van der Waals surface area (Å²) in [4.78, 5) is 10.6. The topological polar surface area (TPSA) is 73.1 Å². The third-order valence-electron chi connectivity index (χ3n) is 2.38. The van der Waals surface area contributed by atoms with E-state index in [2.05, 4.69) is 5.32 Å². The number of aliphatic carboxylic acids is 1. The van der Waals surface area contributed by atoms with Crippen LogP contribution < -0.4 is 5.32 Å². The molecule has 1 aromatic rings. The van der Waals surface area contributed by atoms with Gasteiger partial charge in [0.15, 0.2) is 0 Å². The van der Waals surface area contributed by atoms with Crippen LogP contribution in [0.1, 0.15) is 25.3 Å². The number of nitrogens with zero attached hydrogens (tertiary/aromatic N) is 1. The Bertz CT molecular complexity index is 454. The number of carbonyl (C=O) groups is 1. The molecule has 0 aromatic heterocycles. The van der Waals surface area contributed by atoms with Gasteiger partial charge in [0.2, 0.25) is 0 Å². The number of hydrogen-bond acceptors (Lipinski definition) is 3. The fourth-order valence-corrected chi connectivity index (χ4v) is 1.63. The highest BCUT2D eigenvalue weighted by Gasteiger charge is 2.13. The lowest BCUT2D eigenvalue weighted by Gasteiger charge is -2.17. The highest BCUT2D eigenvalue weighted by Crippen LogP contribution is 2.22. The van der Waals surface area contributed by atoms with Crippen molar-refractivity contribution in [2.24, 2.45) is 0 Å². The van der Waals surface area contributed by atoms with Gasteiger partial charge in [-0.25, -0.2) is 0 Å². The molecule has 0 fully saturated rings. The molecule has 0 aliphatic carbocycles. The van der Waals surface area contributed by atoms with Crippen molar-refractivity contribution in [3.05, 3.63) is 28.8 Å².